The van der Waals surface area contributed by atoms with Gasteiger partial charge in [0.2, 0.25) is 5.91 Å². The highest BCUT2D eigenvalue weighted by Gasteiger charge is 2.23. The van der Waals surface area contributed by atoms with E-state index in [9.17, 15) is 4.79 Å². The molecule has 0 bridgehead atoms. The van der Waals surface area contributed by atoms with Gasteiger partial charge in [0.15, 0.2) is 0 Å². The number of amides is 1. The Morgan fingerprint density at radius 1 is 1.00 bits per heavy atom. The Hall–Kier alpha value is -2.83. The molecule has 3 heterocycles. The molecule has 6 heteroatoms. The van der Waals surface area contributed by atoms with Crippen molar-refractivity contribution in [1.82, 2.24) is 14.4 Å². The molecule has 1 aromatic heterocycles. The molecule has 0 aliphatic carbocycles. The number of rotatable bonds is 7. The summed E-state index contributed by atoms with van der Waals surface area (Å²) in [6.07, 6.45) is 7.88. The minimum Gasteiger partial charge on any atom is -0.496 e. The highest BCUT2D eigenvalue weighted by Crippen LogP contribution is 2.32. The van der Waals surface area contributed by atoms with Crippen molar-refractivity contribution in [3.8, 4) is 5.75 Å². The van der Waals surface area contributed by atoms with Gasteiger partial charge in [0.1, 0.15) is 5.75 Å². The van der Waals surface area contributed by atoms with Gasteiger partial charge in [0.05, 0.1) is 7.11 Å². The van der Waals surface area contributed by atoms with Gasteiger partial charge in [-0.05, 0) is 98.9 Å². The van der Waals surface area contributed by atoms with E-state index in [0.29, 0.717) is 17.5 Å². The van der Waals surface area contributed by atoms with E-state index in [-0.39, 0.29) is 5.91 Å². The van der Waals surface area contributed by atoms with E-state index in [2.05, 4.69) is 51.9 Å². The first-order valence-corrected chi connectivity index (χ1v) is 13.0. The third kappa shape index (κ3) is 5.24. The number of hydrogen-bond acceptors (Lipinski definition) is 4. The number of primary amides is 1. The van der Waals surface area contributed by atoms with Gasteiger partial charge in [-0.25, -0.2) is 0 Å². The van der Waals surface area contributed by atoms with Crippen LogP contribution < -0.4 is 10.5 Å². The molecule has 0 spiro atoms. The van der Waals surface area contributed by atoms with Gasteiger partial charge in [-0.2, -0.15) is 0 Å². The smallest absolute Gasteiger partial charge is 0.248 e. The molecule has 3 aromatic rings. The number of carbonyl (C=O) groups is 1. The van der Waals surface area contributed by atoms with E-state index in [1.54, 1.807) is 7.11 Å². The molecule has 0 unspecified atom stereocenters. The maximum atomic E-state index is 11.7. The number of hydrogen-bond donors (Lipinski definition) is 1. The largest absolute Gasteiger partial charge is 0.496 e. The van der Waals surface area contributed by atoms with Crippen LogP contribution in [0.15, 0.2) is 48.7 Å². The molecule has 1 amide bonds. The van der Waals surface area contributed by atoms with Crippen LogP contribution in [0, 0.1) is 0 Å². The van der Waals surface area contributed by atoms with Crippen LogP contribution in [-0.2, 0) is 6.42 Å². The van der Waals surface area contributed by atoms with E-state index < -0.39 is 0 Å². The molecular formula is C29H38N4O2. The highest BCUT2D eigenvalue weighted by molar-refractivity contribution is 5.97. The van der Waals surface area contributed by atoms with E-state index in [1.165, 1.54) is 37.1 Å². The Labute approximate surface area is 208 Å². The zero-order valence-corrected chi connectivity index (χ0v) is 21.1. The predicted octanol–water partition coefficient (Wildman–Crippen LogP) is 4.44. The number of nitrogens with zero attached hydrogens (tertiary/aromatic N) is 3. The van der Waals surface area contributed by atoms with Crippen molar-refractivity contribution in [2.45, 2.75) is 44.1 Å². The predicted molar refractivity (Wildman–Crippen MR) is 141 cm³/mol. The fourth-order valence-electron chi connectivity index (χ4n) is 5.91. The van der Waals surface area contributed by atoms with Crippen LogP contribution in [-0.4, -0.2) is 67.2 Å². The Morgan fingerprint density at radius 3 is 2.49 bits per heavy atom. The Kier molecular flexibility index (Phi) is 7.12. The van der Waals surface area contributed by atoms with E-state index >= 15 is 0 Å². The summed E-state index contributed by atoms with van der Waals surface area (Å²) in [5, 5.41) is 1.16. The molecule has 0 atom stereocenters. The normalized spacial score (nSPS) is 18.8. The van der Waals surface area contributed by atoms with E-state index in [1.807, 2.05) is 18.2 Å². The lowest BCUT2D eigenvalue weighted by Gasteiger charge is -2.33. The van der Waals surface area contributed by atoms with Crippen LogP contribution in [0.4, 0.5) is 0 Å². The van der Waals surface area contributed by atoms with Crippen LogP contribution >= 0.6 is 0 Å². The lowest BCUT2D eigenvalue weighted by molar-refractivity contribution is 0.100. The number of methoxy groups -OCH3 is 1. The van der Waals surface area contributed by atoms with Crippen molar-refractivity contribution in [2.75, 3.05) is 46.9 Å². The van der Waals surface area contributed by atoms with Gasteiger partial charge in [-0.15, -0.1) is 0 Å². The zero-order valence-electron chi connectivity index (χ0n) is 21.1. The highest BCUT2D eigenvalue weighted by atomic mass is 16.5. The summed E-state index contributed by atoms with van der Waals surface area (Å²) >= 11 is 0. The van der Waals surface area contributed by atoms with Crippen LogP contribution in [0.25, 0.3) is 10.9 Å². The van der Waals surface area contributed by atoms with Crippen LogP contribution in [0.3, 0.4) is 0 Å². The number of fused-ring (bicyclic) bond motifs is 1. The second-order valence-electron chi connectivity index (χ2n) is 10.3. The number of aromatic nitrogens is 1. The molecule has 5 rings (SSSR count). The van der Waals surface area contributed by atoms with Gasteiger partial charge < -0.3 is 24.8 Å². The second kappa shape index (κ2) is 10.4. The van der Waals surface area contributed by atoms with Crippen molar-refractivity contribution >= 4 is 16.8 Å². The van der Waals surface area contributed by atoms with Crippen LogP contribution in [0.5, 0.6) is 5.75 Å². The summed E-state index contributed by atoms with van der Waals surface area (Å²) in [6, 6.07) is 15.2. The molecular weight excluding hydrogens is 436 g/mol. The number of carbonyl (C=O) groups excluding carboxylic acids is 1. The van der Waals surface area contributed by atoms with Gasteiger partial charge in [0, 0.05) is 43.0 Å². The quantitative estimate of drug-likeness (QED) is 0.550. The van der Waals surface area contributed by atoms with Gasteiger partial charge >= 0.3 is 0 Å². The third-order valence-electron chi connectivity index (χ3n) is 8.15. The summed E-state index contributed by atoms with van der Waals surface area (Å²) in [5.41, 5.74) is 10.0. The molecule has 6 nitrogen and oxygen atoms in total. The van der Waals surface area contributed by atoms with Crippen molar-refractivity contribution in [2.24, 2.45) is 5.73 Å². The minimum atomic E-state index is -0.371. The molecule has 2 aliphatic rings. The number of ether oxygens (including phenoxy) is 1. The summed E-state index contributed by atoms with van der Waals surface area (Å²) in [4.78, 5) is 16.7. The summed E-state index contributed by atoms with van der Waals surface area (Å²) < 4.78 is 8.06. The summed E-state index contributed by atoms with van der Waals surface area (Å²) in [6.45, 7) is 5.58. The first-order chi connectivity index (χ1) is 17.0. The van der Waals surface area contributed by atoms with Crippen molar-refractivity contribution in [3.63, 3.8) is 0 Å². The Balaban J connectivity index is 1.21. The number of piperidine rings is 2. The standard InChI is InChI=1S/C29H38N4O2/c1-31-13-7-21(8-14-31)23-5-6-28(35-2)24(19-23)9-15-32-16-11-26(12-17-32)33-18-10-22-3-4-25(29(30)34)20-27(22)33/h3-6,10,18-21,26H,7-9,11-17H2,1-2H3,(H2,30,34). The SMILES string of the molecule is COc1ccc(C2CCN(C)CC2)cc1CCN1CCC(n2ccc3ccc(C(N)=O)cc32)CC1. The minimum absolute atomic E-state index is 0.371. The van der Waals surface area contributed by atoms with Crippen molar-refractivity contribution < 1.29 is 9.53 Å². The fraction of sp³-hybridized carbons (Fsp3) is 0.483. The third-order valence-corrected chi connectivity index (χ3v) is 8.15. The van der Waals surface area contributed by atoms with Gasteiger partial charge in [-0.3, -0.25) is 4.79 Å². The average molecular weight is 475 g/mol. The first kappa shape index (κ1) is 23.9. The maximum absolute atomic E-state index is 11.7. The monoisotopic (exact) mass is 474 g/mol. The molecule has 35 heavy (non-hydrogen) atoms. The zero-order chi connectivity index (χ0) is 24.4. The van der Waals surface area contributed by atoms with E-state index in [4.69, 9.17) is 10.5 Å². The topological polar surface area (TPSA) is 63.7 Å². The molecule has 2 N–H and O–H groups in total. The fourth-order valence-corrected chi connectivity index (χ4v) is 5.91. The van der Waals surface area contributed by atoms with E-state index in [0.717, 1.165) is 55.5 Å². The van der Waals surface area contributed by atoms with Gasteiger partial charge in [0.25, 0.3) is 0 Å². The molecule has 0 radical (unpaired) electrons. The lowest BCUT2D eigenvalue weighted by atomic mass is 9.88. The molecule has 0 saturated carbocycles. The first-order valence-electron chi connectivity index (χ1n) is 13.0. The van der Waals surface area contributed by atoms with Crippen LogP contribution in [0.1, 0.15) is 59.1 Å². The number of likely N-dealkylation sites (tertiary alicyclic amines) is 2. The lowest BCUT2D eigenvalue weighted by Crippen LogP contribution is -2.35. The second-order valence-corrected chi connectivity index (χ2v) is 10.3. The Bertz CT molecular complexity index is 1170. The maximum Gasteiger partial charge on any atom is 0.248 e. The molecule has 2 aliphatic heterocycles. The van der Waals surface area contributed by atoms with Gasteiger partial charge in [-0.1, -0.05) is 18.2 Å². The molecule has 2 aromatic carbocycles. The number of nitrogens with two attached hydrogens (primary N) is 1. The van der Waals surface area contributed by atoms with Crippen LogP contribution in [0.2, 0.25) is 0 Å². The molecule has 2 saturated heterocycles. The van der Waals surface area contributed by atoms with Crippen molar-refractivity contribution in [3.05, 3.63) is 65.4 Å². The summed E-state index contributed by atoms with van der Waals surface area (Å²) in [7, 11) is 4.00. The number of benzene rings is 2. The summed E-state index contributed by atoms with van der Waals surface area (Å²) in [5.74, 6) is 1.31. The average Bonchev–Trinajstić information content (AvgIpc) is 3.31. The Morgan fingerprint density at radius 2 is 1.77 bits per heavy atom. The molecule has 2 fully saturated rings. The molecule has 186 valence electrons. The van der Waals surface area contributed by atoms with Crippen molar-refractivity contribution in [1.29, 1.82) is 0 Å².